The molecule has 0 spiro atoms. The molecule has 1 atom stereocenters. The number of amides is 2. The van der Waals surface area contributed by atoms with Gasteiger partial charge in [-0.2, -0.15) is 5.10 Å². The van der Waals surface area contributed by atoms with Gasteiger partial charge in [-0.1, -0.05) is 37.7 Å². The second-order valence-corrected chi connectivity index (χ2v) is 8.86. The van der Waals surface area contributed by atoms with E-state index >= 15 is 0 Å². The lowest BCUT2D eigenvalue weighted by atomic mass is 10.0. The monoisotopic (exact) mass is 469 g/mol. The molecular formula is C25H31N3O4S. The average molecular weight is 470 g/mol. The van der Waals surface area contributed by atoms with Crippen LogP contribution in [0, 0.1) is 0 Å². The molecule has 1 unspecified atom stereocenters. The lowest BCUT2D eigenvalue weighted by Crippen LogP contribution is -2.36. The normalized spacial score (nSPS) is 15.8. The number of anilines is 1. The number of hydrogen-bond donors (Lipinski definition) is 1. The lowest BCUT2D eigenvalue weighted by Gasteiger charge is -2.28. The third-order valence-corrected chi connectivity index (χ3v) is 6.62. The van der Waals surface area contributed by atoms with E-state index in [9.17, 15) is 9.59 Å². The minimum atomic E-state index is -0.0467. The van der Waals surface area contributed by atoms with E-state index in [4.69, 9.17) is 14.6 Å². The van der Waals surface area contributed by atoms with Gasteiger partial charge >= 0.3 is 5.24 Å². The van der Waals surface area contributed by atoms with E-state index < -0.39 is 0 Å². The summed E-state index contributed by atoms with van der Waals surface area (Å²) >= 11 is 1.31. The number of nitrogens with zero attached hydrogens (tertiary/aromatic N) is 2. The van der Waals surface area contributed by atoms with Gasteiger partial charge in [0.25, 0.3) is 0 Å². The summed E-state index contributed by atoms with van der Waals surface area (Å²) < 4.78 is 10.8. The van der Waals surface area contributed by atoms with Crippen molar-refractivity contribution in [1.82, 2.24) is 5.01 Å². The topological polar surface area (TPSA) is 80.2 Å². The maximum atomic E-state index is 12.7. The Kier molecular flexibility index (Phi) is 8.77. The third kappa shape index (κ3) is 6.28. The van der Waals surface area contributed by atoms with Crippen molar-refractivity contribution in [3.8, 4) is 11.5 Å². The summed E-state index contributed by atoms with van der Waals surface area (Å²) in [6.07, 6.45) is 2.78. The van der Waals surface area contributed by atoms with Crippen LogP contribution < -0.4 is 14.8 Å². The summed E-state index contributed by atoms with van der Waals surface area (Å²) in [5, 5.41) is 9.10. The molecule has 0 radical (unpaired) electrons. The van der Waals surface area contributed by atoms with E-state index in [-0.39, 0.29) is 16.4 Å². The van der Waals surface area contributed by atoms with Gasteiger partial charge in [-0.3, -0.25) is 9.59 Å². The zero-order valence-electron chi connectivity index (χ0n) is 19.6. The van der Waals surface area contributed by atoms with Gasteiger partial charge in [0.05, 0.1) is 25.2 Å². The van der Waals surface area contributed by atoms with Gasteiger partial charge in [0.1, 0.15) is 0 Å². The predicted octanol–water partition coefficient (Wildman–Crippen LogP) is 5.34. The van der Waals surface area contributed by atoms with E-state index in [1.54, 1.807) is 19.2 Å². The SMILES string of the molecule is CCCC(=O)Nc1ccc(CCN2N=C(c3ccc(OC)c(OC)c3)C(CC)SC2=O)cc1. The van der Waals surface area contributed by atoms with Gasteiger partial charge in [0.15, 0.2) is 11.5 Å². The van der Waals surface area contributed by atoms with Crippen LogP contribution in [0.15, 0.2) is 47.6 Å². The number of nitrogens with one attached hydrogen (secondary N) is 1. The lowest BCUT2D eigenvalue weighted by molar-refractivity contribution is -0.116. The van der Waals surface area contributed by atoms with Crippen molar-refractivity contribution in [2.45, 2.75) is 44.8 Å². The molecule has 1 aliphatic heterocycles. The molecule has 3 rings (SSSR count). The number of carbonyl (C=O) groups is 2. The van der Waals surface area contributed by atoms with E-state index in [2.05, 4.69) is 12.2 Å². The largest absolute Gasteiger partial charge is 0.493 e. The Hall–Kier alpha value is -3.00. The molecule has 0 saturated carbocycles. The summed E-state index contributed by atoms with van der Waals surface area (Å²) in [5.41, 5.74) is 3.62. The predicted molar refractivity (Wildman–Crippen MR) is 134 cm³/mol. The van der Waals surface area contributed by atoms with E-state index in [0.717, 1.165) is 35.4 Å². The van der Waals surface area contributed by atoms with E-state index in [1.165, 1.54) is 11.8 Å². The zero-order chi connectivity index (χ0) is 23.8. The van der Waals surface area contributed by atoms with Gasteiger partial charge in [-0.05, 0) is 55.2 Å². The minimum absolute atomic E-state index is 0.0159. The molecule has 0 fully saturated rings. The summed E-state index contributed by atoms with van der Waals surface area (Å²) in [5.74, 6) is 1.30. The molecule has 0 bridgehead atoms. The number of hydrazone groups is 1. The highest BCUT2D eigenvalue weighted by Crippen LogP contribution is 2.33. The van der Waals surface area contributed by atoms with Crippen molar-refractivity contribution in [3.05, 3.63) is 53.6 Å². The Morgan fingerprint density at radius 1 is 1.09 bits per heavy atom. The molecule has 176 valence electrons. The van der Waals surface area contributed by atoms with Crippen LogP contribution in [0.4, 0.5) is 10.5 Å². The molecule has 1 heterocycles. The van der Waals surface area contributed by atoms with Crippen molar-refractivity contribution < 1.29 is 19.1 Å². The number of methoxy groups -OCH3 is 2. The van der Waals surface area contributed by atoms with Crippen LogP contribution in [0.25, 0.3) is 0 Å². The van der Waals surface area contributed by atoms with Gasteiger partial charge in [0, 0.05) is 24.2 Å². The van der Waals surface area contributed by atoms with Crippen LogP contribution in [-0.2, 0) is 11.2 Å². The standard InChI is InChI=1S/C25H31N3O4S/c1-5-7-23(29)26-19-11-8-17(9-12-19)14-15-28-25(30)33-22(6-2)24(27-28)18-10-13-20(31-3)21(16-18)32-4/h8-13,16,22H,5-7,14-15H2,1-4H3,(H,26,29). The van der Waals surface area contributed by atoms with Crippen molar-refractivity contribution in [2.75, 3.05) is 26.1 Å². The molecule has 33 heavy (non-hydrogen) atoms. The molecule has 8 heteroatoms. The Bertz CT molecular complexity index is 1010. The molecule has 7 nitrogen and oxygen atoms in total. The molecule has 0 aromatic heterocycles. The van der Waals surface area contributed by atoms with Crippen molar-refractivity contribution in [3.63, 3.8) is 0 Å². The molecule has 2 aromatic rings. The summed E-state index contributed by atoms with van der Waals surface area (Å²) in [6, 6.07) is 13.4. The number of carbonyl (C=O) groups excluding carboxylic acids is 2. The molecule has 0 saturated heterocycles. The van der Waals surface area contributed by atoms with Crippen LogP contribution in [-0.4, -0.2) is 47.9 Å². The zero-order valence-corrected chi connectivity index (χ0v) is 20.4. The van der Waals surface area contributed by atoms with Crippen LogP contribution in [0.1, 0.15) is 44.2 Å². The van der Waals surface area contributed by atoms with Crippen molar-refractivity contribution >= 4 is 34.3 Å². The molecule has 2 aromatic carbocycles. The van der Waals surface area contributed by atoms with Crippen molar-refractivity contribution in [2.24, 2.45) is 5.10 Å². The Labute approximate surface area is 199 Å². The fourth-order valence-corrected chi connectivity index (χ4v) is 4.53. The molecular weight excluding hydrogens is 438 g/mol. The third-order valence-electron chi connectivity index (χ3n) is 5.36. The van der Waals surface area contributed by atoms with Crippen LogP contribution in [0.3, 0.4) is 0 Å². The maximum Gasteiger partial charge on any atom is 0.302 e. The fraction of sp³-hybridized carbons (Fsp3) is 0.400. The number of rotatable bonds is 10. The van der Waals surface area contributed by atoms with Crippen LogP contribution in [0.2, 0.25) is 0 Å². The fourth-order valence-electron chi connectivity index (χ4n) is 3.57. The van der Waals surface area contributed by atoms with E-state index in [0.29, 0.717) is 30.9 Å². The first kappa shape index (κ1) is 24.6. The Morgan fingerprint density at radius 3 is 2.45 bits per heavy atom. The Morgan fingerprint density at radius 2 is 1.82 bits per heavy atom. The number of thioether (sulfide) groups is 1. The number of benzene rings is 2. The molecule has 1 aliphatic rings. The highest BCUT2D eigenvalue weighted by Gasteiger charge is 2.30. The average Bonchev–Trinajstić information content (AvgIpc) is 2.83. The molecule has 0 aliphatic carbocycles. The highest BCUT2D eigenvalue weighted by molar-refractivity contribution is 8.14. The van der Waals surface area contributed by atoms with Crippen LogP contribution >= 0.6 is 11.8 Å². The number of ether oxygens (including phenoxy) is 2. The summed E-state index contributed by atoms with van der Waals surface area (Å²) in [7, 11) is 3.21. The van der Waals surface area contributed by atoms with E-state index in [1.807, 2.05) is 49.4 Å². The van der Waals surface area contributed by atoms with Crippen LogP contribution in [0.5, 0.6) is 11.5 Å². The second-order valence-electron chi connectivity index (χ2n) is 7.70. The molecule has 2 amide bonds. The number of hydrogen-bond acceptors (Lipinski definition) is 6. The van der Waals surface area contributed by atoms with Gasteiger partial charge in [-0.25, -0.2) is 5.01 Å². The van der Waals surface area contributed by atoms with Crippen molar-refractivity contribution in [1.29, 1.82) is 0 Å². The maximum absolute atomic E-state index is 12.7. The first-order chi connectivity index (χ1) is 16.0. The first-order valence-electron chi connectivity index (χ1n) is 11.2. The highest BCUT2D eigenvalue weighted by atomic mass is 32.2. The van der Waals surface area contributed by atoms with Gasteiger partial charge < -0.3 is 14.8 Å². The second kappa shape index (κ2) is 11.7. The summed E-state index contributed by atoms with van der Waals surface area (Å²) in [6.45, 7) is 4.50. The van der Waals surface area contributed by atoms with Gasteiger partial charge in [0.2, 0.25) is 5.91 Å². The first-order valence-corrected chi connectivity index (χ1v) is 12.0. The summed E-state index contributed by atoms with van der Waals surface area (Å²) in [4.78, 5) is 24.5. The minimum Gasteiger partial charge on any atom is -0.493 e. The molecule has 1 N–H and O–H groups in total. The van der Waals surface area contributed by atoms with Gasteiger partial charge in [-0.15, -0.1) is 0 Å². The quantitative estimate of drug-likeness (QED) is 0.508. The smallest absolute Gasteiger partial charge is 0.302 e. The Balaban J connectivity index is 1.73.